The van der Waals surface area contributed by atoms with Crippen LogP contribution in [-0.2, 0) is 0 Å². The van der Waals surface area contributed by atoms with E-state index in [0.717, 1.165) is 6.54 Å². The molecule has 0 saturated heterocycles. The summed E-state index contributed by atoms with van der Waals surface area (Å²) in [5, 5.41) is 6.15. The molecule has 0 aliphatic rings. The minimum absolute atomic E-state index is 0.311. The maximum absolute atomic E-state index is 3.56. The van der Waals surface area contributed by atoms with Crippen molar-refractivity contribution in [3.05, 3.63) is 42.5 Å². The molecule has 0 heterocycles. The van der Waals surface area contributed by atoms with Crippen LogP contribution in [0.25, 0.3) is 10.8 Å². The van der Waals surface area contributed by atoms with Gasteiger partial charge < -0.3 is 5.32 Å². The largest absolute Gasteiger partial charge is 0.384 e. The topological polar surface area (TPSA) is 12.0 Å². The first kappa shape index (κ1) is 12.9. The van der Waals surface area contributed by atoms with Crippen molar-refractivity contribution in [2.75, 3.05) is 11.9 Å². The lowest BCUT2D eigenvalue weighted by Gasteiger charge is -2.29. The van der Waals surface area contributed by atoms with Crippen molar-refractivity contribution in [3.63, 3.8) is 0 Å². The van der Waals surface area contributed by atoms with Gasteiger partial charge in [-0.15, -0.1) is 0 Å². The second-order valence-electron chi connectivity index (χ2n) is 6.06. The van der Waals surface area contributed by atoms with Crippen LogP contribution in [0.15, 0.2) is 42.5 Å². The van der Waals surface area contributed by atoms with Gasteiger partial charge in [-0.1, -0.05) is 58.0 Å². The molecule has 0 aliphatic heterocycles. The average Bonchev–Trinajstić information content (AvgIpc) is 2.36. The Hall–Kier alpha value is -1.50. The van der Waals surface area contributed by atoms with Crippen molar-refractivity contribution in [1.29, 1.82) is 0 Å². The second-order valence-corrected chi connectivity index (χ2v) is 6.06. The minimum atomic E-state index is 0.311. The van der Waals surface area contributed by atoms with E-state index < -0.39 is 0 Å². The Morgan fingerprint density at radius 1 is 1.00 bits per heavy atom. The Morgan fingerprint density at radius 3 is 2.33 bits per heavy atom. The van der Waals surface area contributed by atoms with Crippen LogP contribution >= 0.6 is 0 Å². The van der Waals surface area contributed by atoms with E-state index in [2.05, 4.69) is 75.5 Å². The normalized spacial score (nSPS) is 12.1. The molecule has 0 radical (unpaired) electrons. The Labute approximate surface area is 110 Å². The number of benzene rings is 2. The van der Waals surface area contributed by atoms with Crippen LogP contribution in [0.4, 0.5) is 5.69 Å². The van der Waals surface area contributed by atoms with Crippen LogP contribution in [0.2, 0.25) is 0 Å². The predicted molar refractivity (Wildman–Crippen MR) is 81.1 cm³/mol. The summed E-state index contributed by atoms with van der Waals surface area (Å²) in [4.78, 5) is 0. The Balaban J connectivity index is 2.13. The van der Waals surface area contributed by atoms with Gasteiger partial charge in [-0.2, -0.15) is 0 Å². The third-order valence-corrected chi connectivity index (χ3v) is 4.06. The maximum atomic E-state index is 3.56. The lowest BCUT2D eigenvalue weighted by Crippen LogP contribution is -2.28. The van der Waals surface area contributed by atoms with E-state index in [0.29, 0.717) is 11.3 Å². The molecule has 1 N–H and O–H groups in total. The third kappa shape index (κ3) is 2.84. The highest BCUT2D eigenvalue weighted by atomic mass is 14.9. The van der Waals surface area contributed by atoms with Crippen LogP contribution < -0.4 is 5.32 Å². The first-order valence-corrected chi connectivity index (χ1v) is 6.72. The summed E-state index contributed by atoms with van der Waals surface area (Å²) >= 11 is 0. The zero-order chi connectivity index (χ0) is 13.2. The molecule has 0 unspecified atom stereocenters. The zero-order valence-corrected chi connectivity index (χ0v) is 11.8. The van der Waals surface area contributed by atoms with E-state index in [9.17, 15) is 0 Å². The number of rotatable bonds is 4. The molecule has 96 valence electrons. The number of fused-ring (bicyclic) bond motifs is 1. The molecule has 2 aromatic rings. The van der Waals surface area contributed by atoms with E-state index >= 15 is 0 Å². The van der Waals surface area contributed by atoms with Gasteiger partial charge in [0.2, 0.25) is 0 Å². The number of anilines is 1. The second kappa shape index (κ2) is 5.01. The van der Waals surface area contributed by atoms with Crippen LogP contribution in [0, 0.1) is 11.3 Å². The molecule has 0 aromatic heterocycles. The summed E-state index contributed by atoms with van der Waals surface area (Å²) < 4.78 is 0. The van der Waals surface area contributed by atoms with Gasteiger partial charge in [0.1, 0.15) is 0 Å². The molecule has 18 heavy (non-hydrogen) atoms. The molecule has 1 heteroatoms. The molecule has 2 aromatic carbocycles. The highest BCUT2D eigenvalue weighted by Gasteiger charge is 2.21. The molecule has 2 rings (SSSR count). The van der Waals surface area contributed by atoms with Crippen LogP contribution in [-0.4, -0.2) is 6.54 Å². The van der Waals surface area contributed by atoms with Gasteiger partial charge in [-0.25, -0.2) is 0 Å². The monoisotopic (exact) mass is 241 g/mol. The predicted octanol–water partition coefficient (Wildman–Crippen LogP) is 4.93. The molecule has 1 nitrogen and oxygen atoms in total. The fraction of sp³-hybridized carbons (Fsp3) is 0.412. The molecule has 0 spiro atoms. The summed E-state index contributed by atoms with van der Waals surface area (Å²) in [6, 6.07) is 15.1. The Kier molecular flexibility index (Phi) is 3.60. The fourth-order valence-electron chi connectivity index (χ4n) is 1.83. The number of nitrogens with one attached hydrogen (secondary N) is 1. The summed E-state index contributed by atoms with van der Waals surface area (Å²) in [6.07, 6.45) is 0. The van der Waals surface area contributed by atoms with Crippen molar-refractivity contribution < 1.29 is 0 Å². The van der Waals surface area contributed by atoms with Crippen molar-refractivity contribution in [2.24, 2.45) is 11.3 Å². The minimum Gasteiger partial charge on any atom is -0.384 e. The van der Waals surface area contributed by atoms with Crippen molar-refractivity contribution in [2.45, 2.75) is 27.7 Å². The van der Waals surface area contributed by atoms with E-state index in [-0.39, 0.29) is 0 Å². The zero-order valence-electron chi connectivity index (χ0n) is 11.8. The molecule has 0 saturated carbocycles. The van der Waals surface area contributed by atoms with Crippen LogP contribution in [0.5, 0.6) is 0 Å². The number of hydrogen-bond acceptors (Lipinski definition) is 1. The first-order chi connectivity index (χ1) is 8.49. The van der Waals surface area contributed by atoms with Gasteiger partial charge >= 0.3 is 0 Å². The summed E-state index contributed by atoms with van der Waals surface area (Å²) in [7, 11) is 0. The highest BCUT2D eigenvalue weighted by Crippen LogP contribution is 2.27. The van der Waals surface area contributed by atoms with Gasteiger partial charge in [0.15, 0.2) is 0 Å². The molecule has 0 aliphatic carbocycles. The maximum Gasteiger partial charge on any atom is 0.0346 e. The van der Waals surface area contributed by atoms with Crippen molar-refractivity contribution in [3.8, 4) is 0 Å². The average molecular weight is 241 g/mol. The summed E-state index contributed by atoms with van der Waals surface area (Å²) in [5.74, 6) is 0.672. The smallest absolute Gasteiger partial charge is 0.0346 e. The van der Waals surface area contributed by atoms with Gasteiger partial charge in [-0.05, 0) is 34.2 Å². The molecule has 0 amide bonds. The van der Waals surface area contributed by atoms with Gasteiger partial charge in [-0.3, -0.25) is 0 Å². The van der Waals surface area contributed by atoms with Crippen LogP contribution in [0.3, 0.4) is 0 Å². The highest BCUT2D eigenvalue weighted by molar-refractivity contribution is 5.85. The lowest BCUT2D eigenvalue weighted by atomic mass is 9.81. The standard InChI is InChI=1S/C17H23N/c1-13(2)17(3,4)12-18-16-10-9-14-7-5-6-8-15(14)11-16/h5-11,13,18H,12H2,1-4H3. The quantitative estimate of drug-likeness (QED) is 0.800. The summed E-state index contributed by atoms with van der Waals surface area (Å²) in [5.41, 5.74) is 1.52. The molecular weight excluding hydrogens is 218 g/mol. The van der Waals surface area contributed by atoms with E-state index in [1.807, 2.05) is 0 Å². The SMILES string of the molecule is CC(C)C(C)(C)CNc1ccc2ccccc2c1. The Bertz CT molecular complexity index is 526. The van der Waals surface area contributed by atoms with E-state index in [4.69, 9.17) is 0 Å². The van der Waals surface area contributed by atoms with Crippen molar-refractivity contribution in [1.82, 2.24) is 0 Å². The summed E-state index contributed by atoms with van der Waals surface area (Å²) in [6.45, 7) is 10.2. The fourth-order valence-corrected chi connectivity index (χ4v) is 1.83. The first-order valence-electron chi connectivity index (χ1n) is 6.72. The molecule has 0 atom stereocenters. The van der Waals surface area contributed by atoms with E-state index in [1.54, 1.807) is 0 Å². The Morgan fingerprint density at radius 2 is 1.67 bits per heavy atom. The molecule has 0 bridgehead atoms. The van der Waals surface area contributed by atoms with Gasteiger partial charge in [0, 0.05) is 12.2 Å². The lowest BCUT2D eigenvalue weighted by molar-refractivity contribution is 0.270. The van der Waals surface area contributed by atoms with E-state index in [1.165, 1.54) is 16.5 Å². The number of hydrogen-bond donors (Lipinski definition) is 1. The van der Waals surface area contributed by atoms with Gasteiger partial charge in [0.05, 0.1) is 0 Å². The van der Waals surface area contributed by atoms with Crippen LogP contribution in [0.1, 0.15) is 27.7 Å². The molecular formula is C17H23N. The third-order valence-electron chi connectivity index (χ3n) is 4.06. The van der Waals surface area contributed by atoms with Gasteiger partial charge in [0.25, 0.3) is 0 Å². The molecule has 0 fully saturated rings. The van der Waals surface area contributed by atoms with Crippen molar-refractivity contribution >= 4 is 16.5 Å².